The number of nitrogens with one attached hydrogen (secondary N) is 1. The van der Waals surface area contributed by atoms with Crippen molar-refractivity contribution in [3.8, 4) is 11.3 Å². The molecule has 5 heteroatoms. The van der Waals surface area contributed by atoms with Crippen molar-refractivity contribution in [2.75, 3.05) is 43.9 Å². The molecule has 0 fully saturated rings. The molecule has 2 aromatic carbocycles. The van der Waals surface area contributed by atoms with E-state index >= 15 is 0 Å². The van der Waals surface area contributed by atoms with E-state index in [4.69, 9.17) is 9.97 Å². The van der Waals surface area contributed by atoms with Crippen LogP contribution in [0.5, 0.6) is 0 Å². The number of aromatic nitrogens is 2. The number of nitrogens with zero attached hydrogens (tertiary/aromatic N) is 4. The van der Waals surface area contributed by atoms with Crippen LogP contribution in [0.15, 0.2) is 60.7 Å². The highest BCUT2D eigenvalue weighted by molar-refractivity contribution is 5.70. The van der Waals surface area contributed by atoms with Gasteiger partial charge in [0.25, 0.3) is 0 Å². The minimum Gasteiger partial charge on any atom is -0.370 e. The lowest BCUT2D eigenvalue weighted by Gasteiger charge is -2.19. The fourth-order valence-corrected chi connectivity index (χ4v) is 3.56. The third-order valence-electron chi connectivity index (χ3n) is 5.00. The molecule has 4 rings (SSSR count). The van der Waals surface area contributed by atoms with Crippen molar-refractivity contribution in [1.29, 1.82) is 0 Å². The van der Waals surface area contributed by atoms with E-state index in [1.807, 2.05) is 18.2 Å². The molecule has 0 saturated heterocycles. The van der Waals surface area contributed by atoms with E-state index in [-0.39, 0.29) is 0 Å². The molecule has 0 saturated carbocycles. The van der Waals surface area contributed by atoms with Gasteiger partial charge in [0, 0.05) is 30.4 Å². The van der Waals surface area contributed by atoms with Gasteiger partial charge in [-0.25, -0.2) is 4.98 Å². The quantitative estimate of drug-likeness (QED) is 0.629. The van der Waals surface area contributed by atoms with Gasteiger partial charge in [0.05, 0.1) is 5.69 Å². The summed E-state index contributed by atoms with van der Waals surface area (Å²) in [6, 6.07) is 20.9. The molecule has 1 N–H and O–H groups in total. The maximum absolute atomic E-state index is 4.91. The lowest BCUT2D eigenvalue weighted by Crippen LogP contribution is -2.19. The highest BCUT2D eigenvalue weighted by Gasteiger charge is 2.23. The number of hydrogen-bond donors (Lipinski definition) is 1. The number of hydrogen-bond acceptors (Lipinski definition) is 5. The van der Waals surface area contributed by atoms with E-state index in [1.54, 1.807) is 0 Å². The summed E-state index contributed by atoms with van der Waals surface area (Å²) in [5.41, 5.74) is 4.63. The number of rotatable bonds is 7. The molecule has 0 bridgehead atoms. The molecule has 3 aromatic rings. The van der Waals surface area contributed by atoms with Crippen molar-refractivity contribution in [2.24, 2.45) is 0 Å². The Morgan fingerprint density at radius 3 is 2.61 bits per heavy atom. The summed E-state index contributed by atoms with van der Waals surface area (Å²) in [5.74, 6) is 1.65. The zero-order valence-corrected chi connectivity index (χ0v) is 16.6. The van der Waals surface area contributed by atoms with Gasteiger partial charge in [0.1, 0.15) is 5.82 Å². The third-order valence-corrected chi connectivity index (χ3v) is 5.00. The number of benzene rings is 2. The Morgan fingerprint density at radius 1 is 1.00 bits per heavy atom. The van der Waals surface area contributed by atoms with Gasteiger partial charge >= 0.3 is 0 Å². The molecule has 1 aliphatic heterocycles. The van der Waals surface area contributed by atoms with Gasteiger partial charge in [0.15, 0.2) is 0 Å². The first kappa shape index (κ1) is 18.4. The normalized spacial score (nSPS) is 13.0. The fourth-order valence-electron chi connectivity index (χ4n) is 3.56. The smallest absolute Gasteiger partial charge is 0.232 e. The first-order valence-corrected chi connectivity index (χ1v) is 9.89. The highest BCUT2D eigenvalue weighted by Crippen LogP contribution is 2.34. The highest BCUT2D eigenvalue weighted by atomic mass is 15.3. The van der Waals surface area contributed by atoms with Gasteiger partial charge in [-0.2, -0.15) is 4.98 Å². The maximum Gasteiger partial charge on any atom is 0.232 e. The standard InChI is InChI=1S/C23H27N5/c1-27(2)15-8-14-24-22-17-20(18-9-4-3-5-10-18)25-23(26-22)28-16-13-19-11-6-7-12-21(19)28/h3-7,9-12,17H,8,13-16H2,1-2H3,(H,24,25,26). The summed E-state index contributed by atoms with van der Waals surface area (Å²) >= 11 is 0. The molecule has 1 aliphatic rings. The lowest BCUT2D eigenvalue weighted by molar-refractivity contribution is 0.405. The molecular weight excluding hydrogens is 346 g/mol. The van der Waals surface area contributed by atoms with Gasteiger partial charge in [-0.3, -0.25) is 0 Å². The molecule has 144 valence electrons. The first-order chi connectivity index (χ1) is 13.7. The van der Waals surface area contributed by atoms with Gasteiger partial charge in [0.2, 0.25) is 5.95 Å². The Hall–Kier alpha value is -2.92. The number of para-hydroxylation sites is 1. The van der Waals surface area contributed by atoms with Gasteiger partial charge in [-0.05, 0) is 45.1 Å². The fraction of sp³-hybridized carbons (Fsp3) is 0.304. The van der Waals surface area contributed by atoms with E-state index in [0.717, 1.165) is 55.5 Å². The van der Waals surface area contributed by atoms with Crippen molar-refractivity contribution in [2.45, 2.75) is 12.8 Å². The van der Waals surface area contributed by atoms with Crippen molar-refractivity contribution in [1.82, 2.24) is 14.9 Å². The van der Waals surface area contributed by atoms with E-state index in [9.17, 15) is 0 Å². The molecule has 5 nitrogen and oxygen atoms in total. The van der Waals surface area contributed by atoms with Crippen molar-refractivity contribution >= 4 is 17.5 Å². The summed E-state index contributed by atoms with van der Waals surface area (Å²) < 4.78 is 0. The van der Waals surface area contributed by atoms with Gasteiger partial charge < -0.3 is 15.1 Å². The molecular formula is C23H27N5. The van der Waals surface area contributed by atoms with Crippen LogP contribution in [0.1, 0.15) is 12.0 Å². The average Bonchev–Trinajstić information content (AvgIpc) is 3.16. The molecule has 0 atom stereocenters. The molecule has 1 aromatic heterocycles. The zero-order valence-electron chi connectivity index (χ0n) is 16.6. The first-order valence-electron chi connectivity index (χ1n) is 9.89. The summed E-state index contributed by atoms with van der Waals surface area (Å²) in [6.45, 7) is 2.85. The molecule has 0 unspecified atom stereocenters. The SMILES string of the molecule is CN(C)CCCNc1cc(-c2ccccc2)nc(N2CCc3ccccc32)n1. The lowest BCUT2D eigenvalue weighted by atomic mass is 10.1. The monoisotopic (exact) mass is 373 g/mol. The van der Waals surface area contributed by atoms with E-state index in [0.29, 0.717) is 0 Å². The van der Waals surface area contributed by atoms with E-state index < -0.39 is 0 Å². The summed E-state index contributed by atoms with van der Waals surface area (Å²) in [6.07, 6.45) is 2.10. The minimum atomic E-state index is 0.765. The topological polar surface area (TPSA) is 44.3 Å². The number of anilines is 3. The largest absolute Gasteiger partial charge is 0.370 e. The summed E-state index contributed by atoms with van der Waals surface area (Å²) in [5, 5.41) is 3.49. The predicted molar refractivity (Wildman–Crippen MR) is 116 cm³/mol. The second-order valence-corrected chi connectivity index (χ2v) is 7.42. The Labute approximate surface area is 167 Å². The Kier molecular flexibility index (Phi) is 5.53. The van der Waals surface area contributed by atoms with Crippen LogP contribution in [0.2, 0.25) is 0 Å². The predicted octanol–water partition coefficient (Wildman–Crippen LogP) is 4.20. The summed E-state index contributed by atoms with van der Waals surface area (Å²) in [4.78, 5) is 14.2. The Balaban J connectivity index is 1.65. The van der Waals surface area contributed by atoms with Crippen molar-refractivity contribution < 1.29 is 0 Å². The van der Waals surface area contributed by atoms with Crippen LogP contribution in [-0.2, 0) is 6.42 Å². The summed E-state index contributed by atoms with van der Waals surface area (Å²) in [7, 11) is 4.20. The molecule has 2 heterocycles. The third kappa shape index (κ3) is 4.15. The van der Waals surface area contributed by atoms with E-state index in [2.05, 4.69) is 71.7 Å². The van der Waals surface area contributed by atoms with Crippen LogP contribution in [0, 0.1) is 0 Å². The van der Waals surface area contributed by atoms with Gasteiger partial charge in [-0.15, -0.1) is 0 Å². The van der Waals surface area contributed by atoms with Crippen LogP contribution < -0.4 is 10.2 Å². The van der Waals surface area contributed by atoms with Crippen LogP contribution in [0.4, 0.5) is 17.5 Å². The van der Waals surface area contributed by atoms with Crippen LogP contribution in [0.3, 0.4) is 0 Å². The van der Waals surface area contributed by atoms with Crippen molar-refractivity contribution in [3.63, 3.8) is 0 Å². The maximum atomic E-state index is 4.91. The average molecular weight is 374 g/mol. The zero-order chi connectivity index (χ0) is 19.3. The molecule has 28 heavy (non-hydrogen) atoms. The Bertz CT molecular complexity index is 923. The van der Waals surface area contributed by atoms with Crippen LogP contribution >= 0.6 is 0 Å². The number of fused-ring (bicyclic) bond motifs is 1. The molecule has 0 radical (unpaired) electrons. The van der Waals surface area contributed by atoms with Crippen molar-refractivity contribution in [3.05, 3.63) is 66.2 Å². The van der Waals surface area contributed by atoms with E-state index in [1.165, 1.54) is 11.3 Å². The van der Waals surface area contributed by atoms with Crippen LogP contribution in [-0.4, -0.2) is 48.6 Å². The minimum absolute atomic E-state index is 0.765. The second kappa shape index (κ2) is 8.40. The molecule has 0 aliphatic carbocycles. The Morgan fingerprint density at radius 2 is 1.79 bits per heavy atom. The van der Waals surface area contributed by atoms with Gasteiger partial charge in [-0.1, -0.05) is 48.5 Å². The molecule has 0 amide bonds. The second-order valence-electron chi connectivity index (χ2n) is 7.42. The molecule has 0 spiro atoms. The van der Waals surface area contributed by atoms with Crippen LogP contribution in [0.25, 0.3) is 11.3 Å².